The first kappa shape index (κ1) is 19.5. The molecule has 1 N–H and O–H groups in total. The van der Waals surface area contributed by atoms with Gasteiger partial charge in [-0.25, -0.2) is 0 Å². The van der Waals surface area contributed by atoms with Crippen molar-refractivity contribution in [1.29, 1.82) is 0 Å². The molecule has 0 atom stereocenters. The lowest BCUT2D eigenvalue weighted by atomic mass is 10.1. The molecule has 2 aromatic carbocycles. The zero-order chi connectivity index (χ0) is 20.2. The Bertz CT molecular complexity index is 1150. The summed E-state index contributed by atoms with van der Waals surface area (Å²) in [7, 11) is 1.62. The second-order valence-corrected chi connectivity index (χ2v) is 8.72. The molecule has 0 aliphatic heterocycles. The molecule has 0 saturated heterocycles. The van der Waals surface area contributed by atoms with Gasteiger partial charge in [-0.3, -0.25) is 4.79 Å². The Morgan fingerprint density at radius 2 is 2.07 bits per heavy atom. The third-order valence-corrected chi connectivity index (χ3v) is 6.34. The first-order valence-electron chi connectivity index (χ1n) is 8.98. The second-order valence-electron chi connectivity index (χ2n) is 6.32. The molecule has 0 radical (unpaired) electrons. The van der Waals surface area contributed by atoms with Gasteiger partial charge in [0.1, 0.15) is 16.3 Å². The van der Waals surface area contributed by atoms with E-state index >= 15 is 0 Å². The van der Waals surface area contributed by atoms with Gasteiger partial charge in [0.15, 0.2) is 10.1 Å². The van der Waals surface area contributed by atoms with E-state index < -0.39 is 0 Å². The van der Waals surface area contributed by atoms with Crippen molar-refractivity contribution in [1.82, 2.24) is 15.5 Å². The zero-order valence-corrected chi connectivity index (χ0v) is 17.6. The fourth-order valence-corrected chi connectivity index (χ4v) is 4.78. The van der Waals surface area contributed by atoms with Crippen molar-refractivity contribution in [2.24, 2.45) is 0 Å². The number of ether oxygens (including phenoxy) is 1. The highest BCUT2D eigenvalue weighted by Crippen LogP contribution is 2.33. The Morgan fingerprint density at radius 1 is 1.21 bits per heavy atom. The Kier molecular flexibility index (Phi) is 5.82. The predicted octanol–water partition coefficient (Wildman–Crippen LogP) is 4.82. The molecule has 2 aromatic heterocycles. The maximum atomic E-state index is 12.9. The number of methoxy groups -OCH3 is 1. The van der Waals surface area contributed by atoms with Crippen LogP contribution >= 0.6 is 23.1 Å². The summed E-state index contributed by atoms with van der Waals surface area (Å²) in [5, 5.41) is 13.0. The number of carbonyl (C=O) groups is 1. The molecule has 4 rings (SSSR count). The van der Waals surface area contributed by atoms with Gasteiger partial charge in [-0.15, -0.1) is 10.2 Å². The minimum Gasteiger partial charge on any atom is -0.497 e. The molecule has 0 spiro atoms. The molecule has 6 nitrogen and oxygen atoms in total. The van der Waals surface area contributed by atoms with Crippen molar-refractivity contribution < 1.29 is 13.9 Å². The van der Waals surface area contributed by atoms with Crippen LogP contribution in [0.15, 0.2) is 57.3 Å². The number of nitrogens with one attached hydrogen (secondary N) is 1. The van der Waals surface area contributed by atoms with Gasteiger partial charge in [-0.2, -0.15) is 0 Å². The molecule has 0 saturated carbocycles. The number of hydrogen-bond donors (Lipinski definition) is 1. The van der Waals surface area contributed by atoms with Crippen molar-refractivity contribution in [3.05, 3.63) is 70.4 Å². The molecule has 0 fully saturated rings. The molecule has 0 aliphatic carbocycles. The number of aromatic nitrogens is 2. The highest BCUT2D eigenvalue weighted by Gasteiger charge is 2.21. The topological polar surface area (TPSA) is 77.2 Å². The summed E-state index contributed by atoms with van der Waals surface area (Å²) in [5.41, 5.74) is 2.51. The van der Waals surface area contributed by atoms with Crippen LogP contribution in [0.25, 0.3) is 11.0 Å². The van der Waals surface area contributed by atoms with E-state index in [1.807, 2.05) is 55.5 Å². The summed E-state index contributed by atoms with van der Waals surface area (Å²) >= 11 is 3.09. The molecular weight excluding hydrogens is 406 g/mol. The second kappa shape index (κ2) is 8.67. The third kappa shape index (κ3) is 4.44. The molecule has 4 aromatic rings. The quantitative estimate of drug-likeness (QED) is 0.428. The van der Waals surface area contributed by atoms with Gasteiger partial charge in [0, 0.05) is 23.2 Å². The lowest BCUT2D eigenvalue weighted by Gasteiger charge is -2.07. The van der Waals surface area contributed by atoms with E-state index in [0.29, 0.717) is 23.6 Å². The predicted molar refractivity (Wildman–Crippen MR) is 115 cm³/mol. The summed E-state index contributed by atoms with van der Waals surface area (Å²) in [6.07, 6.45) is 0. The highest BCUT2D eigenvalue weighted by atomic mass is 32.2. The van der Waals surface area contributed by atoms with Gasteiger partial charge >= 0.3 is 0 Å². The summed E-state index contributed by atoms with van der Waals surface area (Å²) in [6, 6.07) is 15.3. The van der Waals surface area contributed by atoms with Crippen LogP contribution in [0.4, 0.5) is 0 Å². The Morgan fingerprint density at radius 3 is 2.86 bits per heavy atom. The van der Waals surface area contributed by atoms with Gasteiger partial charge < -0.3 is 14.5 Å². The van der Waals surface area contributed by atoms with Crippen LogP contribution in [-0.4, -0.2) is 23.2 Å². The van der Waals surface area contributed by atoms with E-state index in [0.717, 1.165) is 31.6 Å². The molecule has 0 aliphatic rings. The molecule has 29 heavy (non-hydrogen) atoms. The lowest BCUT2D eigenvalue weighted by Crippen LogP contribution is -2.23. The summed E-state index contributed by atoms with van der Waals surface area (Å²) in [6.45, 7) is 2.31. The van der Waals surface area contributed by atoms with Crippen LogP contribution in [-0.2, 0) is 12.3 Å². The molecule has 1 amide bonds. The van der Waals surface area contributed by atoms with E-state index in [2.05, 4.69) is 15.5 Å². The van der Waals surface area contributed by atoms with Crippen LogP contribution in [0.1, 0.15) is 26.7 Å². The zero-order valence-electron chi connectivity index (χ0n) is 16.0. The van der Waals surface area contributed by atoms with E-state index in [1.165, 1.54) is 11.3 Å². The number of benzene rings is 2. The largest absolute Gasteiger partial charge is 0.497 e. The summed E-state index contributed by atoms with van der Waals surface area (Å²) in [4.78, 5) is 12.9. The van der Waals surface area contributed by atoms with E-state index in [9.17, 15) is 4.79 Å². The average molecular weight is 426 g/mol. The number of para-hydroxylation sites is 1. The molecular formula is C21H19N3O3S2. The Hall–Kier alpha value is -2.84. The number of aryl methyl sites for hydroxylation is 1. The van der Waals surface area contributed by atoms with Crippen LogP contribution < -0.4 is 10.1 Å². The number of amides is 1. The van der Waals surface area contributed by atoms with Crippen LogP contribution in [0, 0.1) is 6.92 Å². The van der Waals surface area contributed by atoms with E-state index in [-0.39, 0.29) is 5.91 Å². The first-order valence-corrected chi connectivity index (χ1v) is 10.8. The van der Waals surface area contributed by atoms with Gasteiger partial charge in [-0.05, 0) is 30.7 Å². The Labute approximate surface area is 176 Å². The molecule has 148 valence electrons. The van der Waals surface area contributed by atoms with Crippen LogP contribution in [0.5, 0.6) is 5.75 Å². The van der Waals surface area contributed by atoms with Crippen LogP contribution in [0.3, 0.4) is 0 Å². The molecule has 0 bridgehead atoms. The van der Waals surface area contributed by atoms with Gasteiger partial charge in [-0.1, -0.05) is 53.4 Å². The standard InChI is InChI=1S/C21H19N3O3S2/c1-13-23-24-21(29-13)28-12-17-16-8-3-4-9-18(16)27-19(17)20(25)22-11-14-6-5-7-15(10-14)26-2/h3-10H,11-12H2,1-2H3,(H,22,25). The summed E-state index contributed by atoms with van der Waals surface area (Å²) in [5.74, 6) is 1.42. The SMILES string of the molecule is COc1cccc(CNC(=O)c2oc3ccccc3c2CSc2nnc(C)s2)c1. The van der Waals surface area contributed by atoms with Crippen molar-refractivity contribution in [3.8, 4) is 5.75 Å². The maximum Gasteiger partial charge on any atom is 0.287 e. The third-order valence-electron chi connectivity index (χ3n) is 4.34. The number of hydrogen-bond acceptors (Lipinski definition) is 7. The molecule has 0 unspecified atom stereocenters. The molecule has 2 heterocycles. The Balaban J connectivity index is 1.55. The monoisotopic (exact) mass is 425 g/mol. The smallest absolute Gasteiger partial charge is 0.287 e. The van der Waals surface area contributed by atoms with Gasteiger partial charge in [0.05, 0.1) is 7.11 Å². The van der Waals surface area contributed by atoms with Crippen molar-refractivity contribution in [2.45, 2.75) is 23.6 Å². The number of carbonyl (C=O) groups excluding carboxylic acids is 1. The normalized spacial score (nSPS) is 11.0. The van der Waals surface area contributed by atoms with E-state index in [1.54, 1.807) is 18.9 Å². The maximum absolute atomic E-state index is 12.9. The van der Waals surface area contributed by atoms with Crippen molar-refractivity contribution in [3.63, 3.8) is 0 Å². The highest BCUT2D eigenvalue weighted by molar-refractivity contribution is 8.00. The fraction of sp³-hybridized carbons (Fsp3) is 0.190. The minimum atomic E-state index is -0.243. The number of rotatable bonds is 7. The minimum absolute atomic E-state index is 0.243. The first-order chi connectivity index (χ1) is 14.1. The van der Waals surface area contributed by atoms with Crippen LogP contribution in [0.2, 0.25) is 0 Å². The number of fused-ring (bicyclic) bond motifs is 1. The fourth-order valence-electron chi connectivity index (χ4n) is 2.94. The van der Waals surface area contributed by atoms with Crippen molar-refractivity contribution in [2.75, 3.05) is 7.11 Å². The van der Waals surface area contributed by atoms with E-state index in [4.69, 9.17) is 9.15 Å². The van der Waals surface area contributed by atoms with Gasteiger partial charge in [0.25, 0.3) is 5.91 Å². The van der Waals surface area contributed by atoms with Crippen molar-refractivity contribution >= 4 is 40.0 Å². The number of thioether (sulfide) groups is 1. The molecule has 8 heteroatoms. The lowest BCUT2D eigenvalue weighted by molar-refractivity contribution is 0.0924. The number of nitrogens with zero attached hydrogens (tertiary/aromatic N) is 2. The summed E-state index contributed by atoms with van der Waals surface area (Å²) < 4.78 is 12.0. The van der Waals surface area contributed by atoms with Gasteiger partial charge in [0.2, 0.25) is 0 Å². The number of furan rings is 1. The average Bonchev–Trinajstić information content (AvgIpc) is 3.33.